The SMILES string of the molecule is C=NC(N)=[N+](C)/C=C\C. The average Bonchev–Trinajstić information content (AvgIpc) is 1.87. The molecule has 2 N–H and O–H groups in total. The zero-order valence-electron chi connectivity index (χ0n) is 5.83. The largest absolute Gasteiger partial charge is 0.388 e. The van der Waals surface area contributed by atoms with Crippen LogP contribution in [0.5, 0.6) is 0 Å². The molecule has 0 aliphatic carbocycles. The van der Waals surface area contributed by atoms with Crippen molar-refractivity contribution in [3.05, 3.63) is 12.3 Å². The molecule has 0 radical (unpaired) electrons. The first-order valence-electron chi connectivity index (χ1n) is 2.67. The van der Waals surface area contributed by atoms with Gasteiger partial charge in [-0.05, 0) is 6.92 Å². The van der Waals surface area contributed by atoms with Crippen LogP contribution in [0.1, 0.15) is 6.92 Å². The second kappa shape index (κ2) is 3.83. The van der Waals surface area contributed by atoms with E-state index in [-0.39, 0.29) is 0 Å². The lowest BCUT2D eigenvalue weighted by Gasteiger charge is -1.89. The van der Waals surface area contributed by atoms with Crippen molar-refractivity contribution >= 4 is 12.7 Å². The Bertz CT molecular complexity index is 156. The summed E-state index contributed by atoms with van der Waals surface area (Å²) in [4.78, 5) is 3.53. The van der Waals surface area contributed by atoms with Crippen molar-refractivity contribution in [2.75, 3.05) is 7.05 Å². The van der Waals surface area contributed by atoms with Crippen LogP contribution in [0.2, 0.25) is 0 Å². The van der Waals surface area contributed by atoms with Gasteiger partial charge in [0.2, 0.25) is 0 Å². The van der Waals surface area contributed by atoms with Gasteiger partial charge >= 0.3 is 5.96 Å². The van der Waals surface area contributed by atoms with E-state index < -0.39 is 0 Å². The molecule has 0 bridgehead atoms. The highest BCUT2D eigenvalue weighted by Crippen LogP contribution is 1.73. The van der Waals surface area contributed by atoms with Crippen molar-refractivity contribution in [3.63, 3.8) is 0 Å². The van der Waals surface area contributed by atoms with Crippen LogP contribution in [-0.4, -0.2) is 24.3 Å². The Kier molecular flexibility index (Phi) is 3.35. The van der Waals surface area contributed by atoms with Crippen LogP contribution in [0.25, 0.3) is 0 Å². The Labute approximate surface area is 55.2 Å². The molecule has 3 nitrogen and oxygen atoms in total. The minimum Gasteiger partial charge on any atom is -0.287 e. The van der Waals surface area contributed by atoms with Gasteiger partial charge in [-0.25, -0.2) is 4.58 Å². The van der Waals surface area contributed by atoms with Crippen molar-refractivity contribution in [1.29, 1.82) is 0 Å². The van der Waals surface area contributed by atoms with Crippen molar-refractivity contribution in [2.45, 2.75) is 6.92 Å². The minimum atomic E-state index is 0.410. The zero-order valence-corrected chi connectivity index (χ0v) is 5.83. The third-order valence-corrected chi connectivity index (χ3v) is 0.896. The van der Waals surface area contributed by atoms with Crippen LogP contribution in [0.4, 0.5) is 0 Å². The van der Waals surface area contributed by atoms with Gasteiger partial charge in [-0.1, -0.05) is 11.1 Å². The molecule has 0 aromatic carbocycles. The molecule has 3 heteroatoms. The molecule has 0 rings (SSSR count). The number of hydrogen-bond donors (Lipinski definition) is 1. The maximum Gasteiger partial charge on any atom is 0.388 e. The van der Waals surface area contributed by atoms with Gasteiger partial charge in [-0.15, -0.1) is 0 Å². The van der Waals surface area contributed by atoms with Crippen molar-refractivity contribution in [2.24, 2.45) is 10.7 Å². The molecule has 0 aliphatic rings. The van der Waals surface area contributed by atoms with Crippen LogP contribution < -0.4 is 5.73 Å². The van der Waals surface area contributed by atoms with Gasteiger partial charge in [0.1, 0.15) is 0 Å². The third-order valence-electron chi connectivity index (χ3n) is 0.896. The number of hydrogen-bond acceptors (Lipinski definition) is 0. The Balaban J connectivity index is 4.27. The first-order chi connectivity index (χ1) is 4.22. The van der Waals surface area contributed by atoms with Crippen LogP contribution in [0.15, 0.2) is 17.3 Å². The summed E-state index contributed by atoms with van der Waals surface area (Å²) in [5, 5.41) is 0. The van der Waals surface area contributed by atoms with E-state index in [2.05, 4.69) is 11.7 Å². The van der Waals surface area contributed by atoms with Gasteiger partial charge in [0, 0.05) is 0 Å². The van der Waals surface area contributed by atoms with Gasteiger partial charge < -0.3 is 0 Å². The fraction of sp³-hybridized carbons (Fsp3) is 0.333. The number of aliphatic imine (C=N–C) groups is 1. The van der Waals surface area contributed by atoms with E-state index in [1.165, 1.54) is 0 Å². The number of allylic oxidation sites excluding steroid dienone is 1. The van der Waals surface area contributed by atoms with Crippen LogP contribution in [-0.2, 0) is 0 Å². The van der Waals surface area contributed by atoms with E-state index in [4.69, 9.17) is 5.73 Å². The number of guanidine groups is 1. The highest BCUT2D eigenvalue weighted by Gasteiger charge is 1.93. The van der Waals surface area contributed by atoms with Crippen LogP contribution in [0.3, 0.4) is 0 Å². The fourth-order valence-corrected chi connectivity index (χ4v) is 0.412. The van der Waals surface area contributed by atoms with E-state index in [0.717, 1.165) is 0 Å². The summed E-state index contributed by atoms with van der Waals surface area (Å²) in [6, 6.07) is 0. The molecule has 0 atom stereocenters. The van der Waals surface area contributed by atoms with Gasteiger partial charge in [0.15, 0.2) is 0 Å². The summed E-state index contributed by atoms with van der Waals surface area (Å²) >= 11 is 0. The molecule has 0 fully saturated rings. The van der Waals surface area contributed by atoms with Crippen LogP contribution >= 0.6 is 0 Å². The van der Waals surface area contributed by atoms with Crippen LogP contribution in [0, 0.1) is 0 Å². The van der Waals surface area contributed by atoms with Crippen molar-refractivity contribution in [1.82, 2.24) is 0 Å². The summed E-state index contributed by atoms with van der Waals surface area (Å²) in [5.74, 6) is 0.410. The fourth-order valence-electron chi connectivity index (χ4n) is 0.412. The molecule has 0 amide bonds. The standard InChI is InChI=1S/C6H11N3/c1-4-5-9(3)6(7)8-2/h4-5,7H,2H2,1,3H3/p+1/b5-4-. The normalized spacial score (nSPS) is 13.6. The zero-order chi connectivity index (χ0) is 7.28. The lowest BCUT2D eigenvalue weighted by molar-refractivity contribution is -0.424. The molecular formula is C6H12N3+. The van der Waals surface area contributed by atoms with Crippen molar-refractivity contribution in [3.8, 4) is 0 Å². The van der Waals surface area contributed by atoms with E-state index >= 15 is 0 Å². The van der Waals surface area contributed by atoms with Gasteiger partial charge in [0.25, 0.3) is 0 Å². The van der Waals surface area contributed by atoms with E-state index in [0.29, 0.717) is 5.96 Å². The summed E-state index contributed by atoms with van der Waals surface area (Å²) in [7, 11) is 1.81. The third kappa shape index (κ3) is 2.64. The lowest BCUT2D eigenvalue weighted by Crippen LogP contribution is -2.19. The highest BCUT2D eigenvalue weighted by molar-refractivity contribution is 5.77. The summed E-state index contributed by atoms with van der Waals surface area (Å²) in [6.45, 7) is 5.19. The molecule has 50 valence electrons. The minimum absolute atomic E-state index is 0.410. The maximum absolute atomic E-state index is 5.36. The molecule has 0 saturated carbocycles. The second-order valence-corrected chi connectivity index (χ2v) is 1.61. The number of rotatable bonds is 1. The predicted molar refractivity (Wildman–Crippen MR) is 39.7 cm³/mol. The Hall–Kier alpha value is -1.12. The molecule has 0 aliphatic heterocycles. The smallest absolute Gasteiger partial charge is 0.287 e. The highest BCUT2D eigenvalue weighted by atomic mass is 15.1. The lowest BCUT2D eigenvalue weighted by atomic mass is 10.7. The molecule has 0 spiro atoms. The molecule has 0 aromatic heterocycles. The molecular weight excluding hydrogens is 114 g/mol. The van der Waals surface area contributed by atoms with E-state index in [9.17, 15) is 0 Å². The first-order valence-corrected chi connectivity index (χ1v) is 2.67. The maximum atomic E-state index is 5.36. The Morgan fingerprint density at radius 3 is 2.67 bits per heavy atom. The molecule has 0 saturated heterocycles. The average molecular weight is 126 g/mol. The molecule has 0 aromatic rings. The van der Waals surface area contributed by atoms with Gasteiger partial charge in [-0.3, -0.25) is 5.73 Å². The van der Waals surface area contributed by atoms with Crippen molar-refractivity contribution < 1.29 is 4.58 Å². The number of nitrogens with zero attached hydrogens (tertiary/aromatic N) is 2. The summed E-state index contributed by atoms with van der Waals surface area (Å²) in [5.41, 5.74) is 5.36. The summed E-state index contributed by atoms with van der Waals surface area (Å²) < 4.78 is 1.69. The monoisotopic (exact) mass is 126 g/mol. The van der Waals surface area contributed by atoms with E-state index in [1.807, 2.05) is 26.2 Å². The van der Waals surface area contributed by atoms with E-state index in [1.54, 1.807) is 4.58 Å². The predicted octanol–water partition coefficient (Wildman–Crippen LogP) is 0.178. The van der Waals surface area contributed by atoms with Gasteiger partial charge in [-0.2, -0.15) is 0 Å². The summed E-state index contributed by atoms with van der Waals surface area (Å²) in [6.07, 6.45) is 3.68. The molecule has 0 unspecified atom stereocenters. The number of nitrogens with two attached hydrogens (primary N) is 1. The molecule has 9 heavy (non-hydrogen) atoms. The Morgan fingerprint density at radius 1 is 1.78 bits per heavy atom. The quantitative estimate of drug-likeness (QED) is 0.304. The first kappa shape index (κ1) is 7.88. The Morgan fingerprint density at radius 2 is 2.33 bits per heavy atom. The second-order valence-electron chi connectivity index (χ2n) is 1.61. The van der Waals surface area contributed by atoms with Gasteiger partial charge in [0.05, 0.1) is 20.0 Å². The topological polar surface area (TPSA) is 41.4 Å². The molecule has 0 heterocycles.